The smallest absolute Gasteiger partial charge is 0.270 e. The standard InChI is InChI=1S/C5H7F3N2O2/c6-2(3(7)8)1(4(9)11)5(10)12/h1-3H,(H2,9,11)(H2,10,12). The van der Waals surface area contributed by atoms with E-state index < -0.39 is 30.3 Å². The molecule has 0 aromatic carbocycles. The molecule has 12 heavy (non-hydrogen) atoms. The van der Waals surface area contributed by atoms with Gasteiger partial charge in [0.2, 0.25) is 11.8 Å². The molecule has 0 aliphatic carbocycles. The Morgan fingerprint density at radius 3 is 1.42 bits per heavy atom. The van der Waals surface area contributed by atoms with Crippen LogP contribution < -0.4 is 11.5 Å². The predicted octanol–water partition coefficient (Wildman–Crippen LogP) is -0.824. The fourth-order valence-corrected chi connectivity index (χ4v) is 0.600. The van der Waals surface area contributed by atoms with E-state index in [4.69, 9.17) is 0 Å². The molecule has 7 heteroatoms. The molecular weight excluding hydrogens is 177 g/mol. The molecule has 0 heterocycles. The molecule has 4 N–H and O–H groups in total. The number of rotatable bonds is 4. The van der Waals surface area contributed by atoms with Gasteiger partial charge in [-0.1, -0.05) is 0 Å². The fraction of sp³-hybridized carbons (Fsp3) is 0.600. The van der Waals surface area contributed by atoms with Crippen LogP contribution in [0.3, 0.4) is 0 Å². The Kier molecular flexibility index (Phi) is 3.52. The molecule has 1 unspecified atom stereocenters. The van der Waals surface area contributed by atoms with Gasteiger partial charge in [-0.25, -0.2) is 13.2 Å². The number of amides is 2. The highest BCUT2D eigenvalue weighted by atomic mass is 19.3. The fourth-order valence-electron chi connectivity index (χ4n) is 0.600. The molecule has 0 spiro atoms. The molecule has 1 atom stereocenters. The number of primary amides is 2. The van der Waals surface area contributed by atoms with E-state index >= 15 is 0 Å². The first kappa shape index (κ1) is 10.7. The highest BCUT2D eigenvalue weighted by Crippen LogP contribution is 2.15. The molecular formula is C5H7F3N2O2. The molecule has 2 amide bonds. The summed E-state index contributed by atoms with van der Waals surface area (Å²) in [5.41, 5.74) is 8.93. The summed E-state index contributed by atoms with van der Waals surface area (Å²) in [5, 5.41) is 0. The molecule has 0 aromatic rings. The van der Waals surface area contributed by atoms with Crippen LogP contribution in [0.4, 0.5) is 13.2 Å². The maximum absolute atomic E-state index is 12.3. The largest absolute Gasteiger partial charge is 0.369 e. The van der Waals surface area contributed by atoms with E-state index in [1.807, 2.05) is 0 Å². The second kappa shape index (κ2) is 3.93. The normalized spacial score (nSPS) is 13.4. The third-order valence-electron chi connectivity index (χ3n) is 1.17. The quantitative estimate of drug-likeness (QED) is 0.559. The molecule has 0 bridgehead atoms. The summed E-state index contributed by atoms with van der Waals surface area (Å²) in [6, 6.07) is 0. The van der Waals surface area contributed by atoms with Gasteiger partial charge in [0.25, 0.3) is 6.43 Å². The van der Waals surface area contributed by atoms with Crippen LogP contribution in [0.1, 0.15) is 0 Å². The van der Waals surface area contributed by atoms with E-state index in [0.29, 0.717) is 0 Å². The van der Waals surface area contributed by atoms with E-state index in [-0.39, 0.29) is 0 Å². The summed E-state index contributed by atoms with van der Waals surface area (Å²) in [6.45, 7) is 0. The molecule has 0 aliphatic heterocycles. The van der Waals surface area contributed by atoms with Crippen molar-refractivity contribution in [3.8, 4) is 0 Å². The Balaban J connectivity index is 4.52. The van der Waals surface area contributed by atoms with Gasteiger partial charge in [-0.05, 0) is 0 Å². The van der Waals surface area contributed by atoms with Gasteiger partial charge in [0.1, 0.15) is 0 Å². The second-order valence-corrected chi connectivity index (χ2v) is 2.06. The molecule has 70 valence electrons. The number of halogens is 3. The van der Waals surface area contributed by atoms with E-state index in [1.165, 1.54) is 0 Å². The summed E-state index contributed by atoms with van der Waals surface area (Å²) in [6.07, 6.45) is -6.38. The van der Waals surface area contributed by atoms with Gasteiger partial charge in [0.05, 0.1) is 0 Å². The van der Waals surface area contributed by atoms with Gasteiger partial charge in [-0.15, -0.1) is 0 Å². The van der Waals surface area contributed by atoms with Crippen molar-refractivity contribution in [2.75, 3.05) is 0 Å². The Bertz CT molecular complexity index is 183. The lowest BCUT2D eigenvalue weighted by molar-refractivity contribution is -0.137. The number of nitrogens with two attached hydrogens (primary N) is 2. The maximum atomic E-state index is 12.3. The SMILES string of the molecule is NC(=O)C(C(N)=O)C(F)C(F)F. The lowest BCUT2D eigenvalue weighted by Crippen LogP contribution is -2.43. The van der Waals surface area contributed by atoms with E-state index in [1.54, 1.807) is 0 Å². The first-order chi connectivity index (χ1) is 5.37. The molecule has 0 aromatic heterocycles. The van der Waals surface area contributed by atoms with Crippen molar-refractivity contribution in [3.05, 3.63) is 0 Å². The van der Waals surface area contributed by atoms with Crippen LogP contribution in [0.15, 0.2) is 0 Å². The van der Waals surface area contributed by atoms with Crippen molar-refractivity contribution in [2.45, 2.75) is 12.6 Å². The Morgan fingerprint density at radius 1 is 1.00 bits per heavy atom. The van der Waals surface area contributed by atoms with E-state index in [9.17, 15) is 22.8 Å². The number of hydrogen-bond donors (Lipinski definition) is 2. The van der Waals surface area contributed by atoms with Gasteiger partial charge >= 0.3 is 0 Å². The number of carbonyl (C=O) groups is 2. The summed E-state index contributed by atoms with van der Waals surface area (Å²) >= 11 is 0. The second-order valence-electron chi connectivity index (χ2n) is 2.06. The Morgan fingerprint density at radius 2 is 1.33 bits per heavy atom. The Labute approximate surface area is 65.7 Å². The number of hydrogen-bond acceptors (Lipinski definition) is 2. The maximum Gasteiger partial charge on any atom is 0.270 e. The summed E-state index contributed by atoms with van der Waals surface area (Å²) in [5.74, 6) is -5.24. The zero-order valence-electron chi connectivity index (χ0n) is 5.84. The lowest BCUT2D eigenvalue weighted by Gasteiger charge is -2.12. The highest BCUT2D eigenvalue weighted by molar-refractivity contribution is 5.99. The third kappa shape index (κ3) is 2.40. The Hall–Kier alpha value is -1.27. The zero-order chi connectivity index (χ0) is 9.89. The summed E-state index contributed by atoms with van der Waals surface area (Å²) in [4.78, 5) is 20.5. The van der Waals surface area contributed by atoms with Gasteiger partial charge in [0.15, 0.2) is 12.1 Å². The van der Waals surface area contributed by atoms with E-state index in [2.05, 4.69) is 11.5 Å². The van der Waals surface area contributed by atoms with Gasteiger partial charge in [-0.3, -0.25) is 9.59 Å². The average Bonchev–Trinajstić information content (AvgIpc) is 1.85. The van der Waals surface area contributed by atoms with Crippen LogP contribution in [0.5, 0.6) is 0 Å². The van der Waals surface area contributed by atoms with Crippen molar-refractivity contribution in [2.24, 2.45) is 17.4 Å². The molecule has 0 aliphatic rings. The van der Waals surface area contributed by atoms with Gasteiger partial charge in [0, 0.05) is 0 Å². The van der Waals surface area contributed by atoms with Crippen LogP contribution in [0.25, 0.3) is 0 Å². The highest BCUT2D eigenvalue weighted by Gasteiger charge is 2.37. The molecule has 0 saturated heterocycles. The zero-order valence-corrected chi connectivity index (χ0v) is 5.84. The van der Waals surface area contributed by atoms with Crippen LogP contribution >= 0.6 is 0 Å². The van der Waals surface area contributed by atoms with Crippen LogP contribution in [-0.4, -0.2) is 24.4 Å². The summed E-state index contributed by atoms with van der Waals surface area (Å²) < 4.78 is 35.6. The van der Waals surface area contributed by atoms with Crippen molar-refractivity contribution in [1.29, 1.82) is 0 Å². The van der Waals surface area contributed by atoms with Crippen LogP contribution in [-0.2, 0) is 9.59 Å². The topological polar surface area (TPSA) is 86.2 Å². The summed E-state index contributed by atoms with van der Waals surface area (Å²) in [7, 11) is 0. The van der Waals surface area contributed by atoms with Crippen molar-refractivity contribution < 1.29 is 22.8 Å². The average molecular weight is 184 g/mol. The van der Waals surface area contributed by atoms with Crippen molar-refractivity contribution in [3.63, 3.8) is 0 Å². The minimum atomic E-state index is -3.45. The van der Waals surface area contributed by atoms with Crippen molar-refractivity contribution >= 4 is 11.8 Å². The lowest BCUT2D eigenvalue weighted by atomic mass is 10.0. The minimum absolute atomic E-state index is 1.49. The first-order valence-corrected chi connectivity index (χ1v) is 2.88. The minimum Gasteiger partial charge on any atom is -0.369 e. The van der Waals surface area contributed by atoms with Crippen LogP contribution in [0.2, 0.25) is 0 Å². The number of carbonyl (C=O) groups excluding carboxylic acids is 2. The molecule has 0 saturated carbocycles. The molecule has 0 fully saturated rings. The van der Waals surface area contributed by atoms with E-state index in [0.717, 1.165) is 0 Å². The van der Waals surface area contributed by atoms with Gasteiger partial charge < -0.3 is 11.5 Å². The van der Waals surface area contributed by atoms with Gasteiger partial charge in [-0.2, -0.15) is 0 Å². The molecule has 0 rings (SSSR count). The predicted molar refractivity (Wildman–Crippen MR) is 32.8 cm³/mol. The monoisotopic (exact) mass is 184 g/mol. The third-order valence-corrected chi connectivity index (χ3v) is 1.17. The van der Waals surface area contributed by atoms with Crippen LogP contribution in [0, 0.1) is 5.92 Å². The van der Waals surface area contributed by atoms with Crippen molar-refractivity contribution in [1.82, 2.24) is 0 Å². The number of alkyl halides is 3. The first-order valence-electron chi connectivity index (χ1n) is 2.88. The molecule has 4 nitrogen and oxygen atoms in total. The molecule has 0 radical (unpaired) electrons.